The maximum atomic E-state index is 6.02. The van der Waals surface area contributed by atoms with Crippen LogP contribution in [0.3, 0.4) is 0 Å². The predicted molar refractivity (Wildman–Crippen MR) is 132 cm³/mol. The Morgan fingerprint density at radius 1 is 0.848 bits per heavy atom. The highest BCUT2D eigenvalue weighted by Gasteiger charge is 2.20. The zero-order valence-electron chi connectivity index (χ0n) is 18.6. The zero-order chi connectivity index (χ0) is 22.8. The van der Waals surface area contributed by atoms with Crippen LogP contribution < -0.4 is 14.5 Å². The number of aryl methyl sites for hydroxylation is 1. The average molecular weight is 461 g/mol. The molecule has 0 bridgehead atoms. The summed E-state index contributed by atoms with van der Waals surface area (Å²) < 4.78 is 7.12. The molecular weight excluding hydrogens is 436 g/mol. The van der Waals surface area contributed by atoms with Gasteiger partial charge in [0, 0.05) is 54.8 Å². The van der Waals surface area contributed by atoms with E-state index in [2.05, 4.69) is 32.0 Å². The normalized spacial score (nSPS) is 13.9. The van der Waals surface area contributed by atoms with Gasteiger partial charge in [0.05, 0.1) is 24.2 Å². The minimum atomic E-state index is 0.704. The van der Waals surface area contributed by atoms with E-state index in [1.807, 2.05) is 66.5 Å². The van der Waals surface area contributed by atoms with Crippen molar-refractivity contribution in [2.45, 2.75) is 6.92 Å². The smallest absolute Gasteiger partial charge is 0.225 e. The molecule has 0 atom stereocenters. The number of aromatic nitrogens is 4. The first-order valence-corrected chi connectivity index (χ1v) is 11.3. The van der Waals surface area contributed by atoms with Gasteiger partial charge in [-0.15, -0.1) is 0 Å². The molecule has 1 fully saturated rings. The van der Waals surface area contributed by atoms with Gasteiger partial charge in [-0.2, -0.15) is 5.10 Å². The molecule has 0 amide bonds. The quantitative estimate of drug-likeness (QED) is 0.433. The minimum absolute atomic E-state index is 0.704. The summed E-state index contributed by atoms with van der Waals surface area (Å²) in [5, 5.41) is 5.37. The molecule has 0 spiro atoms. The van der Waals surface area contributed by atoms with E-state index in [1.165, 1.54) is 5.69 Å². The Labute approximate surface area is 198 Å². The van der Waals surface area contributed by atoms with Crippen LogP contribution in [0.4, 0.5) is 11.6 Å². The second-order valence-electron chi connectivity index (χ2n) is 7.96. The number of hydrogen-bond acceptors (Lipinski definition) is 6. The van der Waals surface area contributed by atoms with Gasteiger partial charge in [0.25, 0.3) is 0 Å². The molecule has 168 valence electrons. The van der Waals surface area contributed by atoms with Crippen LogP contribution in [0.2, 0.25) is 5.02 Å². The number of ether oxygens (including phenoxy) is 1. The van der Waals surface area contributed by atoms with Crippen LogP contribution in [0.5, 0.6) is 5.75 Å². The van der Waals surface area contributed by atoms with Crippen molar-refractivity contribution in [2.24, 2.45) is 0 Å². The lowest BCUT2D eigenvalue weighted by molar-refractivity contribution is 0.415. The van der Waals surface area contributed by atoms with Gasteiger partial charge >= 0.3 is 0 Å². The summed E-state index contributed by atoms with van der Waals surface area (Å²) in [6.07, 6.45) is 3.83. The number of nitrogens with zero attached hydrogens (tertiary/aromatic N) is 6. The number of piperazine rings is 1. The molecule has 2 aromatic heterocycles. The van der Waals surface area contributed by atoms with E-state index >= 15 is 0 Å². The Morgan fingerprint density at radius 3 is 2.21 bits per heavy atom. The lowest BCUT2D eigenvalue weighted by Crippen LogP contribution is -2.47. The van der Waals surface area contributed by atoms with Crippen LogP contribution in [0.25, 0.3) is 16.9 Å². The summed E-state index contributed by atoms with van der Waals surface area (Å²) in [7, 11) is 1.69. The lowest BCUT2D eigenvalue weighted by Gasteiger charge is -2.36. The minimum Gasteiger partial charge on any atom is -0.497 e. The highest BCUT2D eigenvalue weighted by atomic mass is 35.5. The van der Waals surface area contributed by atoms with Gasteiger partial charge in [-0.1, -0.05) is 11.6 Å². The van der Waals surface area contributed by atoms with Crippen LogP contribution in [-0.2, 0) is 0 Å². The van der Waals surface area contributed by atoms with Gasteiger partial charge in [0.1, 0.15) is 5.75 Å². The van der Waals surface area contributed by atoms with Crippen molar-refractivity contribution in [1.82, 2.24) is 19.7 Å². The Bertz CT molecular complexity index is 1230. The van der Waals surface area contributed by atoms with Crippen molar-refractivity contribution in [1.29, 1.82) is 0 Å². The summed E-state index contributed by atoms with van der Waals surface area (Å²) in [6.45, 7) is 5.54. The fraction of sp³-hybridized carbons (Fsp3) is 0.240. The molecule has 0 N–H and O–H groups in total. The van der Waals surface area contributed by atoms with Crippen molar-refractivity contribution in [3.05, 3.63) is 77.7 Å². The zero-order valence-corrected chi connectivity index (χ0v) is 19.4. The van der Waals surface area contributed by atoms with E-state index in [9.17, 15) is 0 Å². The first-order chi connectivity index (χ1) is 16.1. The molecular formula is C25H25ClN6O. The summed E-state index contributed by atoms with van der Waals surface area (Å²) >= 11 is 6.02. The van der Waals surface area contributed by atoms with Gasteiger partial charge < -0.3 is 14.5 Å². The highest BCUT2D eigenvalue weighted by molar-refractivity contribution is 6.30. The molecule has 0 aliphatic carbocycles. The number of methoxy groups -OCH3 is 1. The van der Waals surface area contributed by atoms with Gasteiger partial charge in [-0.25, -0.2) is 14.6 Å². The molecule has 1 aliphatic heterocycles. The second-order valence-corrected chi connectivity index (χ2v) is 8.40. The first-order valence-electron chi connectivity index (χ1n) is 10.9. The molecule has 7 nitrogen and oxygen atoms in total. The predicted octanol–water partition coefficient (Wildman–Crippen LogP) is 4.63. The van der Waals surface area contributed by atoms with Crippen LogP contribution in [0.1, 0.15) is 5.69 Å². The summed E-state index contributed by atoms with van der Waals surface area (Å²) in [5.74, 6) is 1.62. The topological polar surface area (TPSA) is 59.3 Å². The Kier molecular flexibility index (Phi) is 5.88. The number of rotatable bonds is 5. The first kappa shape index (κ1) is 21.3. The Morgan fingerprint density at radius 2 is 1.52 bits per heavy atom. The lowest BCUT2D eigenvalue weighted by atomic mass is 10.2. The van der Waals surface area contributed by atoms with Crippen molar-refractivity contribution in [3.63, 3.8) is 0 Å². The largest absolute Gasteiger partial charge is 0.497 e. The number of halogens is 1. The van der Waals surface area contributed by atoms with E-state index in [1.54, 1.807) is 7.11 Å². The number of anilines is 2. The molecule has 0 unspecified atom stereocenters. The van der Waals surface area contributed by atoms with Gasteiger partial charge in [0.15, 0.2) is 0 Å². The maximum absolute atomic E-state index is 6.02. The summed E-state index contributed by atoms with van der Waals surface area (Å²) in [6, 6.07) is 17.8. The van der Waals surface area contributed by atoms with E-state index in [0.717, 1.165) is 60.5 Å². The van der Waals surface area contributed by atoms with Crippen LogP contribution in [0, 0.1) is 6.92 Å². The van der Waals surface area contributed by atoms with E-state index in [4.69, 9.17) is 21.3 Å². The van der Waals surface area contributed by atoms with Gasteiger partial charge in [-0.05, 0) is 61.5 Å². The van der Waals surface area contributed by atoms with E-state index in [0.29, 0.717) is 5.02 Å². The van der Waals surface area contributed by atoms with Crippen molar-refractivity contribution in [2.75, 3.05) is 43.1 Å². The van der Waals surface area contributed by atoms with E-state index < -0.39 is 0 Å². The Hall–Kier alpha value is -3.58. The van der Waals surface area contributed by atoms with Crippen LogP contribution >= 0.6 is 11.6 Å². The van der Waals surface area contributed by atoms with Crippen molar-refractivity contribution >= 4 is 23.2 Å². The van der Waals surface area contributed by atoms with Gasteiger partial charge in [0.2, 0.25) is 5.95 Å². The standard InChI is InChI=1S/C25H25ClN6O/c1-18-23(17-32(29-18)21-5-3-19(26)4-6-21)24-11-12-27-25(28-24)31-15-13-30(14-16-31)20-7-9-22(33-2)10-8-20/h3-12,17H,13-16H2,1-2H3. The molecule has 0 radical (unpaired) electrons. The maximum Gasteiger partial charge on any atom is 0.225 e. The molecule has 1 aliphatic rings. The number of benzene rings is 2. The molecule has 0 saturated carbocycles. The van der Waals surface area contributed by atoms with Gasteiger partial charge in [-0.3, -0.25) is 0 Å². The SMILES string of the molecule is COc1ccc(N2CCN(c3nccc(-c4cn(-c5ccc(Cl)cc5)nc4C)n3)CC2)cc1. The third-order valence-corrected chi connectivity index (χ3v) is 6.16. The molecule has 3 heterocycles. The molecule has 5 rings (SSSR count). The average Bonchev–Trinajstić information content (AvgIpc) is 3.26. The highest BCUT2D eigenvalue weighted by Crippen LogP contribution is 2.26. The molecule has 2 aromatic carbocycles. The number of hydrogen-bond donors (Lipinski definition) is 0. The third-order valence-electron chi connectivity index (χ3n) is 5.91. The van der Waals surface area contributed by atoms with Crippen LogP contribution in [0.15, 0.2) is 67.0 Å². The fourth-order valence-corrected chi connectivity index (χ4v) is 4.17. The molecule has 8 heteroatoms. The monoisotopic (exact) mass is 460 g/mol. The van der Waals surface area contributed by atoms with Crippen molar-refractivity contribution in [3.8, 4) is 22.7 Å². The second kappa shape index (κ2) is 9.11. The molecule has 4 aromatic rings. The summed E-state index contributed by atoms with van der Waals surface area (Å²) in [4.78, 5) is 14.0. The fourth-order valence-electron chi connectivity index (χ4n) is 4.05. The van der Waals surface area contributed by atoms with Crippen LogP contribution in [-0.4, -0.2) is 53.0 Å². The summed E-state index contributed by atoms with van der Waals surface area (Å²) in [5.41, 5.74) is 4.94. The Balaban J connectivity index is 1.31. The molecule has 33 heavy (non-hydrogen) atoms. The third kappa shape index (κ3) is 4.50. The van der Waals surface area contributed by atoms with Crippen molar-refractivity contribution < 1.29 is 4.74 Å². The molecule has 1 saturated heterocycles. The van der Waals surface area contributed by atoms with E-state index in [-0.39, 0.29) is 0 Å².